The van der Waals surface area contributed by atoms with Gasteiger partial charge in [0.2, 0.25) is 0 Å². The molecule has 0 saturated carbocycles. The van der Waals surface area contributed by atoms with Crippen LogP contribution in [0.3, 0.4) is 0 Å². The van der Waals surface area contributed by atoms with E-state index in [-0.39, 0.29) is 17.3 Å². The van der Waals surface area contributed by atoms with Crippen molar-refractivity contribution in [3.63, 3.8) is 0 Å². The molecule has 0 aliphatic heterocycles. The third-order valence-electron chi connectivity index (χ3n) is 2.37. The first kappa shape index (κ1) is 9.77. The van der Waals surface area contributed by atoms with Crippen molar-refractivity contribution >= 4 is 11.0 Å². The Morgan fingerprint density at radius 2 is 2.00 bits per heavy atom. The summed E-state index contributed by atoms with van der Waals surface area (Å²) in [4.78, 5) is 11.5. The molecule has 3 heteroatoms. The first-order chi connectivity index (χ1) is 7.08. The van der Waals surface area contributed by atoms with Gasteiger partial charge in [0.1, 0.15) is 11.3 Å². The molecule has 0 fully saturated rings. The first-order valence-electron chi connectivity index (χ1n) is 4.84. The smallest absolute Gasteiger partial charge is 0.339 e. The number of aromatic hydroxyl groups is 1. The molecule has 2 rings (SSSR count). The molecule has 1 N–H and O–H groups in total. The third kappa shape index (κ3) is 1.73. The van der Waals surface area contributed by atoms with Crippen molar-refractivity contribution in [2.45, 2.75) is 19.8 Å². The molecule has 0 spiro atoms. The molecule has 1 aromatic carbocycles. The van der Waals surface area contributed by atoms with Gasteiger partial charge in [-0.3, -0.25) is 0 Å². The predicted molar refractivity (Wildman–Crippen MR) is 58.2 cm³/mol. The van der Waals surface area contributed by atoms with Gasteiger partial charge in [0.25, 0.3) is 0 Å². The van der Waals surface area contributed by atoms with Crippen molar-refractivity contribution in [1.82, 2.24) is 0 Å². The van der Waals surface area contributed by atoms with Crippen molar-refractivity contribution in [3.8, 4) is 5.75 Å². The topological polar surface area (TPSA) is 50.4 Å². The fraction of sp³-hybridized carbons (Fsp3) is 0.250. The van der Waals surface area contributed by atoms with E-state index >= 15 is 0 Å². The Morgan fingerprint density at radius 3 is 2.67 bits per heavy atom. The average molecular weight is 204 g/mol. The van der Waals surface area contributed by atoms with Crippen LogP contribution in [-0.2, 0) is 0 Å². The van der Waals surface area contributed by atoms with E-state index in [0.717, 1.165) is 5.39 Å². The Labute approximate surface area is 87.0 Å². The van der Waals surface area contributed by atoms with Crippen LogP contribution in [0.2, 0.25) is 0 Å². The Morgan fingerprint density at radius 1 is 1.27 bits per heavy atom. The van der Waals surface area contributed by atoms with Gasteiger partial charge in [0, 0.05) is 17.0 Å². The summed E-state index contributed by atoms with van der Waals surface area (Å²) >= 11 is 0. The van der Waals surface area contributed by atoms with Crippen LogP contribution in [0.15, 0.2) is 33.5 Å². The second kappa shape index (κ2) is 3.42. The number of fused-ring (bicyclic) bond motifs is 1. The first-order valence-corrected chi connectivity index (χ1v) is 4.84. The number of phenols is 1. The van der Waals surface area contributed by atoms with E-state index < -0.39 is 0 Å². The highest BCUT2D eigenvalue weighted by molar-refractivity contribution is 5.78. The maximum absolute atomic E-state index is 11.5. The number of benzene rings is 1. The summed E-state index contributed by atoms with van der Waals surface area (Å²) < 4.78 is 5.12. The molecule has 0 radical (unpaired) electrons. The molecule has 1 aromatic heterocycles. The maximum Gasteiger partial charge on any atom is 0.339 e. The van der Waals surface area contributed by atoms with E-state index in [0.29, 0.717) is 11.1 Å². The van der Waals surface area contributed by atoms with Gasteiger partial charge in [-0.1, -0.05) is 13.8 Å². The SMILES string of the molecule is CC(C)c1cc2ccc(O)cc2oc1=O. The number of phenolic OH excluding ortho intramolecular Hbond substituents is 1. The monoisotopic (exact) mass is 204 g/mol. The minimum atomic E-state index is -0.330. The third-order valence-corrected chi connectivity index (χ3v) is 2.37. The zero-order valence-corrected chi connectivity index (χ0v) is 8.65. The lowest BCUT2D eigenvalue weighted by atomic mass is 10.0. The van der Waals surface area contributed by atoms with Crippen LogP contribution in [0.25, 0.3) is 11.0 Å². The maximum atomic E-state index is 11.5. The van der Waals surface area contributed by atoms with Crippen molar-refractivity contribution in [2.75, 3.05) is 0 Å². The lowest BCUT2D eigenvalue weighted by molar-refractivity contribution is 0.472. The van der Waals surface area contributed by atoms with Gasteiger partial charge in [-0.05, 0) is 24.1 Å². The fourth-order valence-corrected chi connectivity index (χ4v) is 1.52. The average Bonchev–Trinajstić information content (AvgIpc) is 2.15. The highest BCUT2D eigenvalue weighted by Crippen LogP contribution is 2.21. The molecule has 0 amide bonds. The minimum Gasteiger partial charge on any atom is -0.508 e. The van der Waals surface area contributed by atoms with Crippen LogP contribution in [0.4, 0.5) is 0 Å². The Kier molecular flexibility index (Phi) is 2.23. The van der Waals surface area contributed by atoms with Gasteiger partial charge in [0.15, 0.2) is 0 Å². The van der Waals surface area contributed by atoms with Gasteiger partial charge in [0.05, 0.1) is 0 Å². The van der Waals surface area contributed by atoms with Gasteiger partial charge < -0.3 is 9.52 Å². The zero-order chi connectivity index (χ0) is 11.0. The predicted octanol–water partition coefficient (Wildman–Crippen LogP) is 2.62. The van der Waals surface area contributed by atoms with E-state index in [9.17, 15) is 9.90 Å². The Hall–Kier alpha value is -1.77. The standard InChI is InChI=1S/C12H12O3/c1-7(2)10-5-8-3-4-9(13)6-11(8)15-12(10)14/h3-7,13H,1-2H3. The normalized spacial score (nSPS) is 11.1. The van der Waals surface area contributed by atoms with Crippen LogP contribution >= 0.6 is 0 Å². The van der Waals surface area contributed by atoms with Crippen molar-refractivity contribution in [1.29, 1.82) is 0 Å². The van der Waals surface area contributed by atoms with E-state index in [1.54, 1.807) is 12.1 Å². The number of rotatable bonds is 1. The van der Waals surface area contributed by atoms with E-state index in [1.165, 1.54) is 6.07 Å². The highest BCUT2D eigenvalue weighted by Gasteiger charge is 2.08. The summed E-state index contributed by atoms with van der Waals surface area (Å²) in [6, 6.07) is 6.57. The second-order valence-electron chi connectivity index (χ2n) is 3.87. The van der Waals surface area contributed by atoms with E-state index in [2.05, 4.69) is 0 Å². The summed E-state index contributed by atoms with van der Waals surface area (Å²) in [5.74, 6) is 0.238. The largest absolute Gasteiger partial charge is 0.508 e. The van der Waals surface area contributed by atoms with Crippen molar-refractivity contribution < 1.29 is 9.52 Å². The van der Waals surface area contributed by atoms with Gasteiger partial charge in [-0.25, -0.2) is 4.79 Å². The zero-order valence-electron chi connectivity index (χ0n) is 8.65. The summed E-state index contributed by atoms with van der Waals surface area (Å²) in [6.07, 6.45) is 0. The Balaban J connectivity index is 2.76. The van der Waals surface area contributed by atoms with Crippen LogP contribution < -0.4 is 5.63 Å². The molecule has 0 aliphatic carbocycles. The molecule has 0 unspecified atom stereocenters. The summed E-state index contributed by atoms with van der Waals surface area (Å²) in [5, 5.41) is 10.1. The molecule has 0 aliphatic rings. The molecular formula is C12H12O3. The molecule has 0 saturated heterocycles. The minimum absolute atomic E-state index is 0.1000. The summed E-state index contributed by atoms with van der Waals surface area (Å²) in [7, 11) is 0. The van der Waals surface area contributed by atoms with Crippen LogP contribution in [-0.4, -0.2) is 5.11 Å². The van der Waals surface area contributed by atoms with Crippen LogP contribution in [0.1, 0.15) is 25.3 Å². The quantitative estimate of drug-likeness (QED) is 0.726. The Bertz CT molecular complexity index is 552. The van der Waals surface area contributed by atoms with Crippen LogP contribution in [0, 0.1) is 0 Å². The lowest BCUT2D eigenvalue weighted by Gasteiger charge is -2.04. The molecule has 2 aromatic rings. The van der Waals surface area contributed by atoms with Gasteiger partial charge in [-0.2, -0.15) is 0 Å². The van der Waals surface area contributed by atoms with Gasteiger partial charge in [-0.15, -0.1) is 0 Å². The highest BCUT2D eigenvalue weighted by atomic mass is 16.4. The van der Waals surface area contributed by atoms with Gasteiger partial charge >= 0.3 is 5.63 Å². The van der Waals surface area contributed by atoms with E-state index in [4.69, 9.17) is 4.42 Å². The molecule has 1 heterocycles. The molecule has 0 bridgehead atoms. The number of hydrogen-bond donors (Lipinski definition) is 1. The molecule has 0 atom stereocenters. The summed E-state index contributed by atoms with van der Waals surface area (Å²) in [5.41, 5.74) is 0.751. The van der Waals surface area contributed by atoms with Crippen molar-refractivity contribution in [2.24, 2.45) is 0 Å². The van der Waals surface area contributed by atoms with Crippen LogP contribution in [0.5, 0.6) is 5.75 Å². The fourth-order valence-electron chi connectivity index (χ4n) is 1.52. The molecule has 3 nitrogen and oxygen atoms in total. The lowest BCUT2D eigenvalue weighted by Crippen LogP contribution is -2.08. The molecule has 15 heavy (non-hydrogen) atoms. The van der Waals surface area contributed by atoms with Crippen molar-refractivity contribution in [3.05, 3.63) is 40.2 Å². The number of hydrogen-bond acceptors (Lipinski definition) is 3. The van der Waals surface area contributed by atoms with E-state index in [1.807, 2.05) is 19.9 Å². The molecular weight excluding hydrogens is 192 g/mol. The molecule has 78 valence electrons. The second-order valence-corrected chi connectivity index (χ2v) is 3.87. The summed E-state index contributed by atoms with van der Waals surface area (Å²) in [6.45, 7) is 3.89.